The van der Waals surface area contributed by atoms with Gasteiger partial charge in [0.2, 0.25) is 17.7 Å². The van der Waals surface area contributed by atoms with Gasteiger partial charge in [0.1, 0.15) is 6.54 Å². The number of hydrogen-bond acceptors (Lipinski definition) is 4. The Labute approximate surface area is 178 Å². The zero-order valence-corrected chi connectivity index (χ0v) is 17.0. The normalized spacial score (nSPS) is 13.9. The lowest BCUT2D eigenvalue weighted by Crippen LogP contribution is -2.42. The maximum absolute atomic E-state index is 12.8. The fraction of sp³-hybridized carbons (Fsp3) is 0.174. The summed E-state index contributed by atoms with van der Waals surface area (Å²) < 4.78 is 0. The molecule has 0 saturated carbocycles. The van der Waals surface area contributed by atoms with Gasteiger partial charge in [0.25, 0.3) is 0 Å². The van der Waals surface area contributed by atoms with E-state index in [1.165, 1.54) is 4.90 Å². The molecular weight excluding hydrogens is 398 g/mol. The van der Waals surface area contributed by atoms with Gasteiger partial charge in [-0.15, -0.1) is 11.3 Å². The summed E-state index contributed by atoms with van der Waals surface area (Å²) in [4.78, 5) is 39.8. The maximum Gasteiger partial charge on any atom is 0.244 e. The van der Waals surface area contributed by atoms with Crippen molar-refractivity contribution in [2.24, 2.45) is 0 Å². The van der Waals surface area contributed by atoms with Gasteiger partial charge in [-0.05, 0) is 29.1 Å². The second kappa shape index (κ2) is 8.92. The topological polar surface area (TPSA) is 78.5 Å². The maximum atomic E-state index is 12.8. The molecule has 152 valence electrons. The number of para-hydroxylation sites is 2. The summed E-state index contributed by atoms with van der Waals surface area (Å²) in [7, 11) is 0. The van der Waals surface area contributed by atoms with Crippen LogP contribution in [-0.2, 0) is 14.4 Å². The molecule has 2 aromatic carbocycles. The van der Waals surface area contributed by atoms with Crippen LogP contribution in [0.5, 0.6) is 0 Å². The Morgan fingerprint density at radius 1 is 1.00 bits per heavy atom. The van der Waals surface area contributed by atoms with Crippen molar-refractivity contribution in [1.82, 2.24) is 5.32 Å². The van der Waals surface area contributed by atoms with Crippen molar-refractivity contribution in [1.29, 1.82) is 0 Å². The molecule has 0 aliphatic carbocycles. The number of fused-ring (bicyclic) bond motifs is 1. The highest BCUT2D eigenvalue weighted by molar-refractivity contribution is 7.10. The Balaban J connectivity index is 1.42. The van der Waals surface area contributed by atoms with Gasteiger partial charge in [0, 0.05) is 17.7 Å². The minimum atomic E-state index is -0.254. The summed E-state index contributed by atoms with van der Waals surface area (Å²) in [5.41, 5.74) is 2.25. The third-order valence-corrected chi connectivity index (χ3v) is 5.84. The number of thiophene rings is 1. The van der Waals surface area contributed by atoms with Gasteiger partial charge in [-0.1, -0.05) is 48.5 Å². The van der Waals surface area contributed by atoms with Gasteiger partial charge in [0.05, 0.1) is 17.4 Å². The van der Waals surface area contributed by atoms with Crippen LogP contribution in [-0.4, -0.2) is 24.3 Å². The molecule has 2 heterocycles. The number of anilines is 2. The molecule has 6 nitrogen and oxygen atoms in total. The van der Waals surface area contributed by atoms with Crippen LogP contribution in [0.25, 0.3) is 0 Å². The molecule has 0 radical (unpaired) electrons. The van der Waals surface area contributed by atoms with Crippen LogP contribution < -0.4 is 15.5 Å². The quantitative estimate of drug-likeness (QED) is 0.639. The van der Waals surface area contributed by atoms with Crippen LogP contribution in [0, 0.1) is 0 Å². The van der Waals surface area contributed by atoms with E-state index in [1.54, 1.807) is 29.5 Å². The van der Waals surface area contributed by atoms with Crippen molar-refractivity contribution in [2.45, 2.75) is 18.9 Å². The Hall–Kier alpha value is -3.45. The molecule has 0 unspecified atom stereocenters. The minimum absolute atomic E-state index is 0.0272. The molecule has 1 aromatic heterocycles. The van der Waals surface area contributed by atoms with Crippen molar-refractivity contribution < 1.29 is 14.4 Å². The highest BCUT2D eigenvalue weighted by Crippen LogP contribution is 2.30. The van der Waals surface area contributed by atoms with Crippen molar-refractivity contribution >= 4 is 40.4 Å². The Morgan fingerprint density at radius 2 is 1.77 bits per heavy atom. The van der Waals surface area contributed by atoms with E-state index in [4.69, 9.17) is 0 Å². The predicted molar refractivity (Wildman–Crippen MR) is 117 cm³/mol. The lowest BCUT2D eigenvalue weighted by Gasteiger charge is -2.29. The molecule has 3 amide bonds. The number of rotatable bonds is 6. The van der Waals surface area contributed by atoms with Gasteiger partial charge in [-0.25, -0.2) is 0 Å². The average molecular weight is 420 g/mol. The van der Waals surface area contributed by atoms with E-state index in [1.807, 2.05) is 53.9 Å². The SMILES string of the molecule is O=C1CN(C(=O)CCC(=O)N[C@H](c2ccccc2)c2cccs2)c2ccccc2N1. The van der Waals surface area contributed by atoms with Crippen molar-refractivity contribution in [3.05, 3.63) is 82.6 Å². The third-order valence-electron chi connectivity index (χ3n) is 4.90. The first-order valence-corrected chi connectivity index (χ1v) is 10.6. The van der Waals surface area contributed by atoms with Crippen molar-refractivity contribution in [3.8, 4) is 0 Å². The summed E-state index contributed by atoms with van der Waals surface area (Å²) in [6, 6.07) is 20.6. The summed E-state index contributed by atoms with van der Waals surface area (Å²) in [5, 5.41) is 7.77. The van der Waals surface area contributed by atoms with Gasteiger partial charge >= 0.3 is 0 Å². The molecule has 0 bridgehead atoms. The lowest BCUT2D eigenvalue weighted by molar-refractivity contribution is -0.126. The van der Waals surface area contributed by atoms with Gasteiger partial charge in [-0.2, -0.15) is 0 Å². The Kier molecular flexibility index (Phi) is 5.90. The molecular formula is C23H21N3O3S. The second-order valence-electron chi connectivity index (χ2n) is 6.97. The van der Waals surface area contributed by atoms with Crippen molar-refractivity contribution in [3.63, 3.8) is 0 Å². The van der Waals surface area contributed by atoms with Crippen LogP contribution in [0.3, 0.4) is 0 Å². The minimum Gasteiger partial charge on any atom is -0.344 e. The first kappa shape index (κ1) is 19.8. The average Bonchev–Trinajstić information content (AvgIpc) is 3.30. The molecule has 0 fully saturated rings. The molecule has 3 aromatic rings. The van der Waals surface area contributed by atoms with Crippen LogP contribution in [0.15, 0.2) is 72.1 Å². The Bertz CT molecular complexity index is 1050. The predicted octanol–water partition coefficient (Wildman–Crippen LogP) is 3.72. The summed E-state index contributed by atoms with van der Waals surface area (Å²) >= 11 is 1.57. The highest BCUT2D eigenvalue weighted by Gasteiger charge is 2.27. The number of nitrogens with one attached hydrogen (secondary N) is 2. The number of carbonyl (C=O) groups excluding carboxylic acids is 3. The standard InChI is InChI=1S/C23H21N3O3S/c27-20(25-23(19-11-6-14-30-19)16-7-2-1-3-8-16)12-13-22(29)26-15-21(28)24-17-9-4-5-10-18(17)26/h1-11,14,23H,12-13,15H2,(H,24,28)(H,25,27)/t23-/m1/s1. The van der Waals surface area contributed by atoms with E-state index in [-0.39, 0.29) is 43.1 Å². The first-order chi connectivity index (χ1) is 14.6. The summed E-state index contributed by atoms with van der Waals surface area (Å²) in [5.74, 6) is -0.700. The van der Waals surface area contributed by atoms with E-state index < -0.39 is 0 Å². The lowest BCUT2D eigenvalue weighted by atomic mass is 10.0. The van der Waals surface area contributed by atoms with Crippen LogP contribution >= 0.6 is 11.3 Å². The number of amides is 3. The fourth-order valence-electron chi connectivity index (χ4n) is 3.46. The zero-order chi connectivity index (χ0) is 20.9. The van der Waals surface area contributed by atoms with Crippen molar-refractivity contribution in [2.75, 3.05) is 16.8 Å². The highest BCUT2D eigenvalue weighted by atomic mass is 32.1. The molecule has 30 heavy (non-hydrogen) atoms. The number of hydrogen-bond donors (Lipinski definition) is 2. The molecule has 4 rings (SSSR count). The first-order valence-electron chi connectivity index (χ1n) is 9.69. The van der Waals surface area contributed by atoms with E-state index in [2.05, 4.69) is 10.6 Å². The number of carbonyl (C=O) groups is 3. The largest absolute Gasteiger partial charge is 0.344 e. The van der Waals surface area contributed by atoms with Crippen LogP contribution in [0.2, 0.25) is 0 Å². The monoisotopic (exact) mass is 419 g/mol. The van der Waals surface area contributed by atoms with E-state index >= 15 is 0 Å². The van der Waals surface area contributed by atoms with Gasteiger partial charge in [0.15, 0.2) is 0 Å². The smallest absolute Gasteiger partial charge is 0.244 e. The second-order valence-corrected chi connectivity index (χ2v) is 7.95. The zero-order valence-electron chi connectivity index (χ0n) is 16.2. The molecule has 2 N–H and O–H groups in total. The molecule has 1 aliphatic heterocycles. The summed E-state index contributed by atoms with van der Waals surface area (Å²) in [6.45, 7) is -0.0424. The molecule has 1 aliphatic rings. The number of benzene rings is 2. The molecule has 0 saturated heterocycles. The molecule has 0 spiro atoms. The number of nitrogens with zero attached hydrogens (tertiary/aromatic N) is 1. The molecule has 1 atom stereocenters. The van der Waals surface area contributed by atoms with Gasteiger partial charge in [-0.3, -0.25) is 14.4 Å². The van der Waals surface area contributed by atoms with Crippen LogP contribution in [0.1, 0.15) is 29.3 Å². The van der Waals surface area contributed by atoms with Crippen LogP contribution in [0.4, 0.5) is 11.4 Å². The fourth-order valence-corrected chi connectivity index (χ4v) is 4.27. The van der Waals surface area contributed by atoms with E-state index in [0.29, 0.717) is 11.4 Å². The van der Waals surface area contributed by atoms with Gasteiger partial charge < -0.3 is 15.5 Å². The Morgan fingerprint density at radius 3 is 2.53 bits per heavy atom. The molecule has 7 heteroatoms. The van der Waals surface area contributed by atoms with E-state index in [9.17, 15) is 14.4 Å². The summed E-state index contributed by atoms with van der Waals surface area (Å²) in [6.07, 6.45) is 0.0766. The third kappa shape index (κ3) is 4.41. The van der Waals surface area contributed by atoms with E-state index in [0.717, 1.165) is 10.4 Å².